The number of nitriles is 1. The number of ether oxygens (including phenoxy) is 1. The van der Waals surface area contributed by atoms with Crippen LogP contribution in [0.1, 0.15) is 30.4 Å². The maximum Gasteiger partial charge on any atom is 0.244 e. The van der Waals surface area contributed by atoms with Crippen LogP contribution < -0.4 is 9.64 Å². The number of carbonyl (C=O) groups is 1. The molecule has 0 radical (unpaired) electrons. The highest BCUT2D eigenvalue weighted by atomic mass is 16.5. The van der Waals surface area contributed by atoms with Crippen LogP contribution in [0.2, 0.25) is 0 Å². The van der Waals surface area contributed by atoms with E-state index in [1.165, 1.54) is 5.56 Å². The third kappa shape index (κ3) is 4.28. The van der Waals surface area contributed by atoms with E-state index in [2.05, 4.69) is 23.1 Å². The van der Waals surface area contributed by atoms with Crippen molar-refractivity contribution in [3.05, 3.63) is 59.7 Å². The van der Waals surface area contributed by atoms with Crippen LogP contribution in [0, 0.1) is 17.2 Å². The third-order valence-corrected chi connectivity index (χ3v) is 6.26. The Morgan fingerprint density at radius 1 is 1.00 bits per heavy atom. The maximum absolute atomic E-state index is 13.0. The Hall–Kier alpha value is -2.84. The van der Waals surface area contributed by atoms with E-state index in [0.717, 1.165) is 56.8 Å². The summed E-state index contributed by atoms with van der Waals surface area (Å²) in [5, 5.41) is 8.95. The Labute approximate surface area is 172 Å². The minimum absolute atomic E-state index is 0.00687. The molecule has 1 unspecified atom stereocenters. The summed E-state index contributed by atoms with van der Waals surface area (Å²) in [5.74, 6) is 1.77. The van der Waals surface area contributed by atoms with Gasteiger partial charge in [-0.05, 0) is 86.7 Å². The van der Waals surface area contributed by atoms with Crippen LogP contribution in [-0.4, -0.2) is 43.6 Å². The van der Waals surface area contributed by atoms with Crippen molar-refractivity contribution in [2.75, 3.05) is 31.6 Å². The number of methoxy groups -OCH3 is 1. The molecule has 4 rings (SSSR count). The SMILES string of the molecule is COc1ccc(CC2CCN(C3CCN(c4ccc(C#N)cc4)C3=O)CC2)cc1. The first-order chi connectivity index (χ1) is 14.2. The molecule has 2 aliphatic rings. The number of piperidine rings is 1. The minimum Gasteiger partial charge on any atom is -0.497 e. The number of anilines is 1. The van der Waals surface area contributed by atoms with Crippen molar-refractivity contribution in [2.45, 2.75) is 31.7 Å². The molecule has 2 aromatic rings. The van der Waals surface area contributed by atoms with Gasteiger partial charge in [0.25, 0.3) is 0 Å². The van der Waals surface area contributed by atoms with Gasteiger partial charge in [0.2, 0.25) is 5.91 Å². The lowest BCUT2D eigenvalue weighted by atomic mass is 9.89. The lowest BCUT2D eigenvalue weighted by molar-refractivity contribution is -0.122. The van der Waals surface area contributed by atoms with Crippen LogP contribution in [0.5, 0.6) is 5.75 Å². The molecule has 0 spiro atoms. The zero-order chi connectivity index (χ0) is 20.2. The van der Waals surface area contributed by atoms with Crippen LogP contribution in [0.25, 0.3) is 0 Å². The van der Waals surface area contributed by atoms with Gasteiger partial charge in [-0.3, -0.25) is 9.69 Å². The van der Waals surface area contributed by atoms with E-state index in [1.807, 2.05) is 29.2 Å². The Kier molecular flexibility index (Phi) is 5.82. The second kappa shape index (κ2) is 8.67. The molecule has 5 heteroatoms. The second-order valence-electron chi connectivity index (χ2n) is 7.98. The normalized spacial score (nSPS) is 20.6. The largest absolute Gasteiger partial charge is 0.497 e. The molecule has 0 N–H and O–H groups in total. The lowest BCUT2D eigenvalue weighted by Crippen LogP contribution is -2.46. The van der Waals surface area contributed by atoms with E-state index in [1.54, 1.807) is 19.2 Å². The average molecular weight is 389 g/mol. The molecule has 2 aromatic carbocycles. The molecule has 2 aliphatic heterocycles. The van der Waals surface area contributed by atoms with Gasteiger partial charge in [0.05, 0.1) is 24.8 Å². The molecular formula is C24H27N3O2. The van der Waals surface area contributed by atoms with E-state index in [0.29, 0.717) is 11.5 Å². The first-order valence-corrected chi connectivity index (χ1v) is 10.4. The summed E-state index contributed by atoms with van der Waals surface area (Å²) in [6, 6.07) is 17.8. The van der Waals surface area contributed by atoms with Gasteiger partial charge >= 0.3 is 0 Å². The fraction of sp³-hybridized carbons (Fsp3) is 0.417. The van der Waals surface area contributed by atoms with Gasteiger partial charge in [-0.2, -0.15) is 5.26 Å². The monoisotopic (exact) mass is 389 g/mol. The molecule has 0 aliphatic carbocycles. The molecule has 5 nitrogen and oxygen atoms in total. The number of amides is 1. The van der Waals surface area contributed by atoms with Crippen molar-refractivity contribution in [2.24, 2.45) is 5.92 Å². The van der Waals surface area contributed by atoms with Crippen LogP contribution in [-0.2, 0) is 11.2 Å². The fourth-order valence-corrected chi connectivity index (χ4v) is 4.54. The number of likely N-dealkylation sites (tertiary alicyclic amines) is 1. The maximum atomic E-state index is 13.0. The van der Waals surface area contributed by atoms with E-state index >= 15 is 0 Å². The number of hydrogen-bond acceptors (Lipinski definition) is 4. The third-order valence-electron chi connectivity index (χ3n) is 6.26. The molecular weight excluding hydrogens is 362 g/mol. The zero-order valence-electron chi connectivity index (χ0n) is 16.9. The van der Waals surface area contributed by atoms with Gasteiger partial charge in [0.15, 0.2) is 0 Å². The molecule has 1 atom stereocenters. The summed E-state index contributed by atoms with van der Waals surface area (Å²) in [7, 11) is 1.69. The molecule has 29 heavy (non-hydrogen) atoms. The van der Waals surface area contributed by atoms with Gasteiger partial charge in [0, 0.05) is 12.2 Å². The first kappa shape index (κ1) is 19.5. The Balaban J connectivity index is 1.31. The number of carbonyl (C=O) groups excluding carboxylic acids is 1. The minimum atomic E-state index is -0.00687. The van der Waals surface area contributed by atoms with Crippen molar-refractivity contribution in [1.82, 2.24) is 4.90 Å². The van der Waals surface area contributed by atoms with Gasteiger partial charge in [0.1, 0.15) is 5.75 Å². The number of nitrogens with zero attached hydrogens (tertiary/aromatic N) is 3. The topological polar surface area (TPSA) is 56.6 Å². The lowest BCUT2D eigenvalue weighted by Gasteiger charge is -2.35. The van der Waals surface area contributed by atoms with E-state index in [-0.39, 0.29) is 11.9 Å². The smallest absolute Gasteiger partial charge is 0.244 e. The van der Waals surface area contributed by atoms with Crippen molar-refractivity contribution in [1.29, 1.82) is 5.26 Å². The Morgan fingerprint density at radius 2 is 1.69 bits per heavy atom. The summed E-state index contributed by atoms with van der Waals surface area (Å²) in [6.07, 6.45) is 4.23. The molecule has 2 fully saturated rings. The number of benzene rings is 2. The van der Waals surface area contributed by atoms with Crippen molar-refractivity contribution < 1.29 is 9.53 Å². The molecule has 2 heterocycles. The molecule has 150 valence electrons. The highest BCUT2D eigenvalue weighted by Crippen LogP contribution is 2.29. The van der Waals surface area contributed by atoms with E-state index < -0.39 is 0 Å². The average Bonchev–Trinajstić information content (AvgIpc) is 3.16. The predicted molar refractivity (Wildman–Crippen MR) is 113 cm³/mol. The van der Waals surface area contributed by atoms with Gasteiger partial charge in [-0.15, -0.1) is 0 Å². The Morgan fingerprint density at radius 3 is 2.31 bits per heavy atom. The quantitative estimate of drug-likeness (QED) is 0.784. The highest BCUT2D eigenvalue weighted by Gasteiger charge is 2.37. The summed E-state index contributed by atoms with van der Waals surface area (Å²) in [6.45, 7) is 2.72. The van der Waals surface area contributed by atoms with Crippen LogP contribution in [0.15, 0.2) is 48.5 Å². The van der Waals surface area contributed by atoms with Gasteiger partial charge < -0.3 is 9.64 Å². The van der Waals surface area contributed by atoms with Crippen LogP contribution >= 0.6 is 0 Å². The highest BCUT2D eigenvalue weighted by molar-refractivity contribution is 5.99. The zero-order valence-corrected chi connectivity index (χ0v) is 16.9. The van der Waals surface area contributed by atoms with Gasteiger partial charge in [-0.25, -0.2) is 0 Å². The Bertz CT molecular complexity index is 878. The van der Waals surface area contributed by atoms with Crippen LogP contribution in [0.3, 0.4) is 0 Å². The summed E-state index contributed by atoms with van der Waals surface area (Å²) in [5.41, 5.74) is 2.87. The van der Waals surface area contributed by atoms with Crippen molar-refractivity contribution >= 4 is 11.6 Å². The number of rotatable bonds is 5. The molecule has 0 bridgehead atoms. The second-order valence-corrected chi connectivity index (χ2v) is 7.98. The molecule has 1 amide bonds. The van der Waals surface area contributed by atoms with E-state index in [9.17, 15) is 4.79 Å². The summed E-state index contributed by atoms with van der Waals surface area (Å²) >= 11 is 0. The number of hydrogen-bond donors (Lipinski definition) is 0. The molecule has 0 saturated carbocycles. The van der Waals surface area contributed by atoms with Crippen molar-refractivity contribution in [3.63, 3.8) is 0 Å². The first-order valence-electron chi connectivity index (χ1n) is 10.4. The standard InChI is InChI=1S/C24H27N3O2/c1-29-22-8-4-18(5-9-22)16-19-10-13-26(14-11-19)23-12-15-27(24(23)28)21-6-2-20(17-25)3-7-21/h2-9,19,23H,10-16H2,1H3. The molecule has 2 saturated heterocycles. The van der Waals surface area contributed by atoms with Gasteiger partial charge in [-0.1, -0.05) is 12.1 Å². The fourth-order valence-electron chi connectivity index (χ4n) is 4.54. The van der Waals surface area contributed by atoms with Crippen LogP contribution in [0.4, 0.5) is 5.69 Å². The molecule has 0 aromatic heterocycles. The van der Waals surface area contributed by atoms with Crippen molar-refractivity contribution in [3.8, 4) is 11.8 Å². The summed E-state index contributed by atoms with van der Waals surface area (Å²) < 4.78 is 5.24. The summed E-state index contributed by atoms with van der Waals surface area (Å²) in [4.78, 5) is 17.2. The predicted octanol–water partition coefficient (Wildman–Crippen LogP) is 3.63. The van der Waals surface area contributed by atoms with E-state index in [4.69, 9.17) is 10.00 Å².